The molecular formula is C39H78N2. The van der Waals surface area contributed by atoms with Crippen LogP contribution in [0.4, 0.5) is 0 Å². The van der Waals surface area contributed by atoms with E-state index in [0.29, 0.717) is 6.17 Å². The molecule has 0 saturated heterocycles. The maximum absolute atomic E-state index is 2.71. The molecule has 0 fully saturated rings. The first-order valence-electron chi connectivity index (χ1n) is 19.5. The Bertz CT molecular complexity index is 530. The summed E-state index contributed by atoms with van der Waals surface area (Å²) in [4.78, 5) is 5.40. The first-order chi connectivity index (χ1) is 20.3. The molecule has 1 rings (SSSR count). The molecule has 0 aliphatic carbocycles. The summed E-state index contributed by atoms with van der Waals surface area (Å²) in [5.41, 5.74) is 0. The van der Waals surface area contributed by atoms with Crippen LogP contribution < -0.4 is 0 Å². The Kier molecular flexibility index (Phi) is 28.8. The summed E-state index contributed by atoms with van der Waals surface area (Å²) in [6.07, 6.45) is 50.0. The molecule has 0 amide bonds. The van der Waals surface area contributed by atoms with Gasteiger partial charge in [0.1, 0.15) is 6.17 Å². The minimum Gasteiger partial charge on any atom is -0.356 e. The fraction of sp³-hybridized carbons (Fsp3) is 0.949. The van der Waals surface area contributed by atoms with Crippen molar-refractivity contribution in [1.29, 1.82) is 0 Å². The third-order valence-electron chi connectivity index (χ3n) is 9.57. The lowest BCUT2D eigenvalue weighted by Gasteiger charge is -2.33. The van der Waals surface area contributed by atoms with Gasteiger partial charge in [0.25, 0.3) is 0 Å². The normalized spacial score (nSPS) is 15.0. The van der Waals surface area contributed by atoms with Crippen molar-refractivity contribution in [2.45, 2.75) is 226 Å². The molecule has 0 aromatic heterocycles. The van der Waals surface area contributed by atoms with Crippen molar-refractivity contribution in [2.75, 3.05) is 13.1 Å². The van der Waals surface area contributed by atoms with Crippen molar-refractivity contribution in [3.05, 3.63) is 12.4 Å². The van der Waals surface area contributed by atoms with Crippen LogP contribution >= 0.6 is 0 Å². The first kappa shape index (κ1) is 38.4. The molecule has 1 aliphatic heterocycles. The Labute approximate surface area is 260 Å². The van der Waals surface area contributed by atoms with E-state index in [9.17, 15) is 0 Å². The molecule has 41 heavy (non-hydrogen) atoms. The lowest BCUT2D eigenvalue weighted by molar-refractivity contribution is 0.135. The maximum Gasteiger partial charge on any atom is 0.101 e. The zero-order valence-electron chi connectivity index (χ0n) is 29.0. The molecule has 2 heteroatoms. The maximum atomic E-state index is 2.71. The van der Waals surface area contributed by atoms with Gasteiger partial charge in [-0.15, -0.1) is 0 Å². The quantitative estimate of drug-likeness (QED) is 0.0719. The minimum atomic E-state index is 0.640. The van der Waals surface area contributed by atoms with Crippen molar-refractivity contribution < 1.29 is 0 Å². The Balaban J connectivity index is 2.12. The molecule has 244 valence electrons. The average Bonchev–Trinajstić information content (AvgIpc) is 3.37. The SMILES string of the molecule is CCCCCCCCCCCCCCCCCC1N(CCCCCC)C=CN1CCCCCCCCCCCCC. The third kappa shape index (κ3) is 23.5. The summed E-state index contributed by atoms with van der Waals surface area (Å²) >= 11 is 0. The van der Waals surface area contributed by atoms with Crippen LogP contribution in [-0.4, -0.2) is 29.1 Å². The molecule has 2 nitrogen and oxygen atoms in total. The lowest BCUT2D eigenvalue weighted by atomic mass is 10.0. The highest BCUT2D eigenvalue weighted by molar-refractivity contribution is 4.97. The van der Waals surface area contributed by atoms with E-state index in [1.165, 1.54) is 212 Å². The van der Waals surface area contributed by atoms with Crippen LogP contribution in [0.5, 0.6) is 0 Å². The number of hydrogen-bond donors (Lipinski definition) is 0. The molecule has 0 bridgehead atoms. The standard InChI is InChI=1S/C39H78N2/c1-4-7-10-13-15-17-19-20-21-22-23-25-27-29-31-34-39-40(35-32-12-9-6-3)37-38-41(39)36-33-30-28-26-24-18-16-14-11-8-5-2/h37-39H,4-36H2,1-3H3. The van der Waals surface area contributed by atoms with Gasteiger partial charge in [-0.25, -0.2) is 0 Å². The van der Waals surface area contributed by atoms with Gasteiger partial charge in [-0.2, -0.15) is 0 Å². The molecule has 0 aromatic carbocycles. The van der Waals surface area contributed by atoms with Gasteiger partial charge >= 0.3 is 0 Å². The predicted molar refractivity (Wildman–Crippen MR) is 186 cm³/mol. The molecule has 0 N–H and O–H groups in total. The number of unbranched alkanes of at least 4 members (excludes halogenated alkanes) is 27. The van der Waals surface area contributed by atoms with Crippen LogP contribution in [0.2, 0.25) is 0 Å². The molecule has 0 aromatic rings. The zero-order chi connectivity index (χ0) is 29.5. The Hall–Kier alpha value is -0.660. The smallest absolute Gasteiger partial charge is 0.101 e. The number of nitrogens with zero attached hydrogens (tertiary/aromatic N) is 2. The van der Waals surface area contributed by atoms with Crippen LogP contribution in [-0.2, 0) is 0 Å². The van der Waals surface area contributed by atoms with Crippen LogP contribution in [0.3, 0.4) is 0 Å². The van der Waals surface area contributed by atoms with Gasteiger partial charge in [0.2, 0.25) is 0 Å². The van der Waals surface area contributed by atoms with Gasteiger partial charge in [-0.05, 0) is 25.7 Å². The summed E-state index contributed by atoms with van der Waals surface area (Å²) in [6, 6.07) is 0. The van der Waals surface area contributed by atoms with Crippen molar-refractivity contribution in [2.24, 2.45) is 0 Å². The van der Waals surface area contributed by atoms with E-state index in [1.54, 1.807) is 0 Å². The zero-order valence-corrected chi connectivity index (χ0v) is 29.0. The van der Waals surface area contributed by atoms with E-state index in [-0.39, 0.29) is 0 Å². The minimum absolute atomic E-state index is 0.640. The van der Waals surface area contributed by atoms with Gasteiger partial charge in [-0.1, -0.05) is 194 Å². The van der Waals surface area contributed by atoms with Gasteiger partial charge < -0.3 is 9.80 Å². The third-order valence-corrected chi connectivity index (χ3v) is 9.57. The second-order valence-electron chi connectivity index (χ2n) is 13.6. The fourth-order valence-electron chi connectivity index (χ4n) is 6.72. The van der Waals surface area contributed by atoms with Crippen LogP contribution in [0.1, 0.15) is 220 Å². The summed E-state index contributed by atoms with van der Waals surface area (Å²) < 4.78 is 0. The summed E-state index contributed by atoms with van der Waals surface area (Å²) in [6.45, 7) is 9.47. The van der Waals surface area contributed by atoms with E-state index in [2.05, 4.69) is 43.0 Å². The van der Waals surface area contributed by atoms with Crippen molar-refractivity contribution in [3.63, 3.8) is 0 Å². The van der Waals surface area contributed by atoms with Crippen LogP contribution in [0, 0.1) is 0 Å². The highest BCUT2D eigenvalue weighted by Crippen LogP contribution is 2.24. The Morgan fingerprint density at radius 3 is 0.878 bits per heavy atom. The summed E-state index contributed by atoms with van der Waals surface area (Å²) in [7, 11) is 0. The van der Waals surface area contributed by atoms with Gasteiger partial charge in [0.05, 0.1) is 0 Å². The van der Waals surface area contributed by atoms with Crippen LogP contribution in [0.25, 0.3) is 0 Å². The molecule has 1 aliphatic rings. The van der Waals surface area contributed by atoms with E-state index in [1.807, 2.05) is 0 Å². The van der Waals surface area contributed by atoms with E-state index in [0.717, 1.165) is 0 Å². The largest absolute Gasteiger partial charge is 0.356 e. The second-order valence-corrected chi connectivity index (χ2v) is 13.6. The second kappa shape index (κ2) is 30.8. The van der Waals surface area contributed by atoms with Crippen molar-refractivity contribution in [3.8, 4) is 0 Å². The molecule has 1 heterocycles. The lowest BCUT2D eigenvalue weighted by Crippen LogP contribution is -2.39. The fourth-order valence-corrected chi connectivity index (χ4v) is 6.72. The van der Waals surface area contributed by atoms with Crippen LogP contribution in [0.15, 0.2) is 12.4 Å². The molecule has 0 spiro atoms. The van der Waals surface area contributed by atoms with Gasteiger partial charge in [0.15, 0.2) is 0 Å². The van der Waals surface area contributed by atoms with Crippen molar-refractivity contribution in [1.82, 2.24) is 9.80 Å². The molecule has 1 unspecified atom stereocenters. The Morgan fingerprint density at radius 1 is 0.317 bits per heavy atom. The monoisotopic (exact) mass is 575 g/mol. The average molecular weight is 575 g/mol. The number of rotatable bonds is 33. The molecule has 1 atom stereocenters. The first-order valence-corrected chi connectivity index (χ1v) is 19.5. The highest BCUT2D eigenvalue weighted by Gasteiger charge is 2.24. The Morgan fingerprint density at radius 2 is 0.561 bits per heavy atom. The summed E-state index contributed by atoms with van der Waals surface area (Å²) in [5.74, 6) is 0. The van der Waals surface area contributed by atoms with Gasteiger partial charge in [0, 0.05) is 25.5 Å². The molecular weight excluding hydrogens is 496 g/mol. The molecule has 0 radical (unpaired) electrons. The van der Waals surface area contributed by atoms with Gasteiger partial charge in [-0.3, -0.25) is 0 Å². The van der Waals surface area contributed by atoms with Crippen molar-refractivity contribution >= 4 is 0 Å². The molecule has 0 saturated carbocycles. The van der Waals surface area contributed by atoms with E-state index >= 15 is 0 Å². The van der Waals surface area contributed by atoms with E-state index in [4.69, 9.17) is 0 Å². The number of hydrogen-bond acceptors (Lipinski definition) is 2. The predicted octanol–water partition coefficient (Wildman–Crippen LogP) is 13.6. The highest BCUT2D eigenvalue weighted by atomic mass is 15.4. The topological polar surface area (TPSA) is 6.48 Å². The van der Waals surface area contributed by atoms with E-state index < -0.39 is 0 Å². The summed E-state index contributed by atoms with van der Waals surface area (Å²) in [5, 5.41) is 0.